The zero-order chi connectivity index (χ0) is 13.8. The lowest BCUT2D eigenvalue weighted by molar-refractivity contribution is 0.0575. The summed E-state index contributed by atoms with van der Waals surface area (Å²) in [5.41, 5.74) is 6.00. The molecule has 6 heteroatoms. The first-order valence-electron chi connectivity index (χ1n) is 6.46. The molecule has 1 amide bonds. The summed E-state index contributed by atoms with van der Waals surface area (Å²) in [6.07, 6.45) is 4.98. The van der Waals surface area contributed by atoms with E-state index in [2.05, 4.69) is 4.98 Å². The summed E-state index contributed by atoms with van der Waals surface area (Å²) in [4.78, 5) is 18.2. The van der Waals surface area contributed by atoms with Crippen LogP contribution in [0.3, 0.4) is 0 Å². The summed E-state index contributed by atoms with van der Waals surface area (Å²) in [6, 6.07) is 1.59. The van der Waals surface area contributed by atoms with Gasteiger partial charge < -0.3 is 15.7 Å². The standard InChI is InChI=1S/C13H18ClN3O2/c14-11-8-16-12(15)7-10(11)13(19)17-5-2-1-3-9(17)4-6-18/h7-9,18H,1-6H2,(H2,15,16). The van der Waals surface area contributed by atoms with Crippen LogP contribution in [0.25, 0.3) is 0 Å². The third-order valence-electron chi connectivity index (χ3n) is 3.46. The van der Waals surface area contributed by atoms with E-state index in [1.165, 1.54) is 12.3 Å². The first kappa shape index (κ1) is 14.1. The van der Waals surface area contributed by atoms with E-state index in [1.807, 2.05) is 0 Å². The van der Waals surface area contributed by atoms with Crippen LogP contribution in [0.5, 0.6) is 0 Å². The molecule has 5 nitrogen and oxygen atoms in total. The number of hydrogen-bond donors (Lipinski definition) is 2. The Balaban J connectivity index is 2.23. The van der Waals surface area contributed by atoms with E-state index in [0.717, 1.165) is 19.3 Å². The summed E-state index contributed by atoms with van der Waals surface area (Å²) in [5.74, 6) is 0.153. The first-order valence-corrected chi connectivity index (χ1v) is 6.84. The Morgan fingerprint density at radius 1 is 1.58 bits per heavy atom. The Kier molecular flexibility index (Phi) is 4.61. The number of aliphatic hydroxyl groups is 1. The topological polar surface area (TPSA) is 79.5 Å². The van der Waals surface area contributed by atoms with Crippen molar-refractivity contribution < 1.29 is 9.90 Å². The zero-order valence-electron chi connectivity index (χ0n) is 10.7. The summed E-state index contributed by atoms with van der Waals surface area (Å²) in [5, 5.41) is 9.41. The van der Waals surface area contributed by atoms with Crippen LogP contribution in [0.1, 0.15) is 36.0 Å². The minimum atomic E-state index is -0.128. The van der Waals surface area contributed by atoms with Crippen molar-refractivity contribution in [2.45, 2.75) is 31.7 Å². The molecule has 1 aromatic rings. The molecule has 2 rings (SSSR count). The van der Waals surface area contributed by atoms with Crippen LogP contribution in [0.2, 0.25) is 5.02 Å². The van der Waals surface area contributed by atoms with Crippen LogP contribution >= 0.6 is 11.6 Å². The Labute approximate surface area is 117 Å². The zero-order valence-corrected chi connectivity index (χ0v) is 11.4. The smallest absolute Gasteiger partial charge is 0.255 e. The van der Waals surface area contributed by atoms with Crippen LogP contribution in [0.15, 0.2) is 12.3 Å². The van der Waals surface area contributed by atoms with Crippen LogP contribution in [-0.4, -0.2) is 40.1 Å². The number of nitrogens with zero attached hydrogens (tertiary/aromatic N) is 2. The van der Waals surface area contributed by atoms with Crippen LogP contribution in [-0.2, 0) is 0 Å². The lowest BCUT2D eigenvalue weighted by Gasteiger charge is -2.35. The highest BCUT2D eigenvalue weighted by Gasteiger charge is 2.28. The number of likely N-dealkylation sites (tertiary alicyclic amines) is 1. The van der Waals surface area contributed by atoms with Gasteiger partial charge in [-0.05, 0) is 31.7 Å². The molecule has 1 unspecified atom stereocenters. The number of piperidine rings is 1. The summed E-state index contributed by atoms with van der Waals surface area (Å²) in [7, 11) is 0. The van der Waals surface area contributed by atoms with Crippen molar-refractivity contribution in [2.24, 2.45) is 0 Å². The maximum absolute atomic E-state index is 12.5. The summed E-state index contributed by atoms with van der Waals surface area (Å²) >= 11 is 6.02. The Hall–Kier alpha value is -1.33. The third kappa shape index (κ3) is 3.16. The van der Waals surface area contributed by atoms with Gasteiger partial charge in [0.15, 0.2) is 0 Å². The van der Waals surface area contributed by atoms with Gasteiger partial charge in [0, 0.05) is 25.4 Å². The Morgan fingerprint density at radius 2 is 2.37 bits per heavy atom. The highest BCUT2D eigenvalue weighted by atomic mass is 35.5. The quantitative estimate of drug-likeness (QED) is 0.885. The lowest BCUT2D eigenvalue weighted by Crippen LogP contribution is -2.44. The molecule has 0 radical (unpaired) electrons. The van der Waals surface area contributed by atoms with Gasteiger partial charge in [-0.25, -0.2) is 4.98 Å². The van der Waals surface area contributed by atoms with Gasteiger partial charge in [0.25, 0.3) is 5.91 Å². The second kappa shape index (κ2) is 6.21. The number of rotatable bonds is 3. The van der Waals surface area contributed by atoms with Crippen LogP contribution in [0, 0.1) is 0 Å². The number of carbonyl (C=O) groups excluding carboxylic acids is 1. The number of anilines is 1. The molecule has 1 aromatic heterocycles. The SMILES string of the molecule is Nc1cc(C(=O)N2CCCCC2CCO)c(Cl)cn1. The number of amides is 1. The van der Waals surface area contributed by atoms with E-state index in [-0.39, 0.29) is 24.4 Å². The molecular weight excluding hydrogens is 266 g/mol. The van der Waals surface area contributed by atoms with Crippen molar-refractivity contribution in [3.63, 3.8) is 0 Å². The monoisotopic (exact) mass is 283 g/mol. The van der Waals surface area contributed by atoms with Crippen molar-refractivity contribution in [3.05, 3.63) is 22.8 Å². The van der Waals surface area contributed by atoms with Crippen molar-refractivity contribution >= 4 is 23.3 Å². The van der Waals surface area contributed by atoms with Crippen LogP contribution in [0.4, 0.5) is 5.82 Å². The molecular formula is C13H18ClN3O2. The number of aromatic nitrogens is 1. The molecule has 0 spiro atoms. The average Bonchev–Trinajstić information content (AvgIpc) is 2.42. The van der Waals surface area contributed by atoms with E-state index in [4.69, 9.17) is 22.4 Å². The molecule has 104 valence electrons. The van der Waals surface area contributed by atoms with Gasteiger partial charge >= 0.3 is 0 Å². The van der Waals surface area contributed by atoms with Gasteiger partial charge in [0.2, 0.25) is 0 Å². The van der Waals surface area contributed by atoms with Crippen molar-refractivity contribution in [1.29, 1.82) is 0 Å². The number of aliphatic hydroxyl groups excluding tert-OH is 1. The predicted octanol–water partition coefficient (Wildman–Crippen LogP) is 1.69. The molecule has 1 aliphatic rings. The molecule has 2 heterocycles. The second-order valence-corrected chi connectivity index (χ2v) is 5.16. The van der Waals surface area contributed by atoms with E-state index in [9.17, 15) is 4.79 Å². The van der Waals surface area contributed by atoms with Gasteiger partial charge in [-0.3, -0.25) is 4.79 Å². The molecule has 1 aliphatic heterocycles. The fraction of sp³-hybridized carbons (Fsp3) is 0.538. The Morgan fingerprint density at radius 3 is 3.11 bits per heavy atom. The van der Waals surface area contributed by atoms with E-state index in [1.54, 1.807) is 4.90 Å². The van der Waals surface area contributed by atoms with E-state index >= 15 is 0 Å². The van der Waals surface area contributed by atoms with Gasteiger partial charge in [0.1, 0.15) is 5.82 Å². The normalized spacial score (nSPS) is 19.5. The molecule has 1 atom stereocenters. The molecule has 1 fully saturated rings. The van der Waals surface area contributed by atoms with Gasteiger partial charge in [-0.15, -0.1) is 0 Å². The maximum atomic E-state index is 12.5. The molecule has 1 saturated heterocycles. The largest absolute Gasteiger partial charge is 0.396 e. The van der Waals surface area contributed by atoms with E-state index < -0.39 is 0 Å². The second-order valence-electron chi connectivity index (χ2n) is 4.75. The van der Waals surface area contributed by atoms with Gasteiger partial charge in [-0.2, -0.15) is 0 Å². The molecule has 19 heavy (non-hydrogen) atoms. The van der Waals surface area contributed by atoms with Crippen molar-refractivity contribution in [3.8, 4) is 0 Å². The van der Waals surface area contributed by atoms with Crippen molar-refractivity contribution in [1.82, 2.24) is 9.88 Å². The number of halogens is 1. The third-order valence-corrected chi connectivity index (χ3v) is 3.76. The first-order chi connectivity index (χ1) is 9.13. The molecule has 3 N–H and O–H groups in total. The Bertz CT molecular complexity index is 465. The summed E-state index contributed by atoms with van der Waals surface area (Å²) in [6.45, 7) is 0.780. The molecule has 0 aliphatic carbocycles. The number of nitrogen functional groups attached to an aromatic ring is 1. The van der Waals surface area contributed by atoms with Gasteiger partial charge in [-0.1, -0.05) is 11.6 Å². The molecule has 0 aromatic carbocycles. The number of hydrogen-bond acceptors (Lipinski definition) is 4. The molecule has 0 saturated carbocycles. The summed E-state index contributed by atoms with van der Waals surface area (Å²) < 4.78 is 0. The number of pyridine rings is 1. The predicted molar refractivity (Wildman–Crippen MR) is 74.0 cm³/mol. The fourth-order valence-corrected chi connectivity index (χ4v) is 2.67. The van der Waals surface area contributed by atoms with Crippen LogP contribution < -0.4 is 5.73 Å². The lowest BCUT2D eigenvalue weighted by atomic mass is 9.98. The van der Waals surface area contributed by atoms with E-state index in [0.29, 0.717) is 23.6 Å². The maximum Gasteiger partial charge on any atom is 0.255 e. The number of carbonyl (C=O) groups is 1. The highest BCUT2D eigenvalue weighted by Crippen LogP contribution is 2.25. The fourth-order valence-electron chi connectivity index (χ4n) is 2.49. The minimum Gasteiger partial charge on any atom is -0.396 e. The average molecular weight is 284 g/mol. The van der Waals surface area contributed by atoms with Crippen molar-refractivity contribution in [2.75, 3.05) is 18.9 Å². The number of nitrogens with two attached hydrogens (primary N) is 1. The van der Waals surface area contributed by atoms with Gasteiger partial charge in [0.05, 0.1) is 10.6 Å². The minimum absolute atomic E-state index is 0.0803. The highest BCUT2D eigenvalue weighted by molar-refractivity contribution is 6.33. The molecule has 0 bridgehead atoms.